The molecular weight excluding hydrogens is 124 g/mol. The molecule has 48 valence electrons. The maximum absolute atomic E-state index is 5.59. The van der Waals surface area contributed by atoms with Crippen LogP contribution in [0, 0.1) is 0 Å². The van der Waals surface area contributed by atoms with Gasteiger partial charge in [-0.1, -0.05) is 0 Å². The lowest BCUT2D eigenvalue weighted by molar-refractivity contribution is 0.544. The predicted octanol–water partition coefficient (Wildman–Crippen LogP) is 1.16. The van der Waals surface area contributed by atoms with Gasteiger partial charge in [0.1, 0.15) is 0 Å². The van der Waals surface area contributed by atoms with Crippen LogP contribution in [0.1, 0.15) is 6.92 Å². The van der Waals surface area contributed by atoms with Crippen LogP contribution in [0.4, 0.5) is 0 Å². The molecule has 0 unspecified atom stereocenters. The third-order valence-corrected chi connectivity index (χ3v) is 1.43. The first-order chi connectivity index (χ1) is 3.72. The summed E-state index contributed by atoms with van der Waals surface area (Å²) >= 11 is 5.59. The van der Waals surface area contributed by atoms with Crippen LogP contribution in [0.2, 0.25) is 0 Å². The van der Waals surface area contributed by atoms with Gasteiger partial charge in [-0.3, -0.25) is 4.99 Å². The zero-order valence-corrected chi connectivity index (χ0v) is 6.24. The standard InChI is InChI=1S/C5H11ClN2/c1-4-8(3)5(6)7-2/h4H2,1-3H3/b7-5-. The molecule has 0 aliphatic heterocycles. The Morgan fingerprint density at radius 2 is 2.25 bits per heavy atom. The lowest BCUT2D eigenvalue weighted by Crippen LogP contribution is -2.21. The van der Waals surface area contributed by atoms with Crippen LogP contribution in [0.5, 0.6) is 0 Å². The van der Waals surface area contributed by atoms with Crippen LogP contribution in [-0.4, -0.2) is 30.8 Å². The minimum Gasteiger partial charge on any atom is -0.351 e. The van der Waals surface area contributed by atoms with E-state index in [1.54, 1.807) is 7.05 Å². The molecule has 0 saturated heterocycles. The van der Waals surface area contributed by atoms with Crippen molar-refractivity contribution in [2.45, 2.75) is 6.92 Å². The molecule has 0 spiro atoms. The second-order valence-electron chi connectivity index (χ2n) is 1.51. The summed E-state index contributed by atoms with van der Waals surface area (Å²) in [6.45, 7) is 2.92. The fourth-order valence-electron chi connectivity index (χ4n) is 0.301. The Kier molecular flexibility index (Phi) is 3.61. The van der Waals surface area contributed by atoms with E-state index >= 15 is 0 Å². The lowest BCUT2D eigenvalue weighted by Gasteiger charge is -2.11. The molecule has 0 atom stereocenters. The first kappa shape index (κ1) is 7.76. The Balaban J connectivity index is 3.63. The van der Waals surface area contributed by atoms with Crippen molar-refractivity contribution in [1.29, 1.82) is 0 Å². The van der Waals surface area contributed by atoms with Gasteiger partial charge in [0.05, 0.1) is 0 Å². The van der Waals surface area contributed by atoms with Gasteiger partial charge in [0.2, 0.25) is 0 Å². The largest absolute Gasteiger partial charge is 0.351 e. The summed E-state index contributed by atoms with van der Waals surface area (Å²) in [6.07, 6.45) is 0. The maximum Gasteiger partial charge on any atom is 0.193 e. The second-order valence-corrected chi connectivity index (χ2v) is 1.84. The number of hydrogen-bond acceptors (Lipinski definition) is 1. The first-order valence-electron chi connectivity index (χ1n) is 2.55. The summed E-state index contributed by atoms with van der Waals surface area (Å²) in [5, 5.41) is 0.563. The molecule has 0 rings (SSSR count). The fraction of sp³-hybridized carbons (Fsp3) is 0.800. The van der Waals surface area contributed by atoms with Crippen molar-refractivity contribution in [3.05, 3.63) is 0 Å². The third kappa shape index (κ3) is 2.17. The molecule has 3 heteroatoms. The Morgan fingerprint density at radius 3 is 2.38 bits per heavy atom. The maximum atomic E-state index is 5.59. The first-order valence-corrected chi connectivity index (χ1v) is 2.93. The highest BCUT2D eigenvalue weighted by Crippen LogP contribution is 1.89. The van der Waals surface area contributed by atoms with Gasteiger partial charge in [-0.05, 0) is 18.5 Å². The molecule has 0 bridgehead atoms. The van der Waals surface area contributed by atoms with Crippen LogP contribution in [-0.2, 0) is 0 Å². The number of aliphatic imine (C=N–C) groups is 1. The van der Waals surface area contributed by atoms with E-state index in [1.807, 2.05) is 18.9 Å². The molecule has 0 aromatic heterocycles. The zero-order valence-electron chi connectivity index (χ0n) is 5.48. The van der Waals surface area contributed by atoms with Gasteiger partial charge < -0.3 is 4.90 Å². The van der Waals surface area contributed by atoms with Gasteiger partial charge in [-0.15, -0.1) is 0 Å². The molecule has 0 aliphatic carbocycles. The number of amidine groups is 1. The van der Waals surface area contributed by atoms with Gasteiger partial charge in [-0.2, -0.15) is 0 Å². The van der Waals surface area contributed by atoms with E-state index in [-0.39, 0.29) is 0 Å². The molecule has 0 aromatic rings. The summed E-state index contributed by atoms with van der Waals surface area (Å²) in [7, 11) is 3.57. The van der Waals surface area contributed by atoms with E-state index in [1.165, 1.54) is 0 Å². The highest BCUT2D eigenvalue weighted by atomic mass is 35.5. The highest BCUT2D eigenvalue weighted by molar-refractivity contribution is 6.64. The molecule has 0 fully saturated rings. The number of halogens is 1. The molecule has 0 aliphatic rings. The van der Waals surface area contributed by atoms with Gasteiger partial charge in [0, 0.05) is 20.6 Å². The Morgan fingerprint density at radius 1 is 1.75 bits per heavy atom. The van der Waals surface area contributed by atoms with Crippen LogP contribution >= 0.6 is 11.6 Å². The SMILES string of the molecule is CCN(C)/C(Cl)=N\C. The molecule has 2 nitrogen and oxygen atoms in total. The topological polar surface area (TPSA) is 15.6 Å². The van der Waals surface area contributed by atoms with E-state index in [2.05, 4.69) is 4.99 Å². The van der Waals surface area contributed by atoms with Crippen molar-refractivity contribution >= 4 is 16.9 Å². The van der Waals surface area contributed by atoms with E-state index in [0.29, 0.717) is 5.29 Å². The molecule has 0 amide bonds. The average molecular weight is 135 g/mol. The van der Waals surface area contributed by atoms with Crippen molar-refractivity contribution in [2.24, 2.45) is 4.99 Å². The van der Waals surface area contributed by atoms with E-state index in [9.17, 15) is 0 Å². The van der Waals surface area contributed by atoms with E-state index in [0.717, 1.165) is 6.54 Å². The molecule has 0 saturated carbocycles. The third-order valence-electron chi connectivity index (χ3n) is 0.974. The zero-order chi connectivity index (χ0) is 6.57. The number of nitrogens with zero attached hydrogens (tertiary/aromatic N) is 2. The number of hydrogen-bond donors (Lipinski definition) is 0. The summed E-state index contributed by atoms with van der Waals surface area (Å²) in [6, 6.07) is 0. The van der Waals surface area contributed by atoms with Crippen molar-refractivity contribution < 1.29 is 0 Å². The summed E-state index contributed by atoms with van der Waals surface area (Å²) in [4.78, 5) is 5.63. The number of rotatable bonds is 1. The van der Waals surface area contributed by atoms with Crippen LogP contribution in [0.15, 0.2) is 4.99 Å². The monoisotopic (exact) mass is 134 g/mol. The van der Waals surface area contributed by atoms with E-state index < -0.39 is 0 Å². The summed E-state index contributed by atoms with van der Waals surface area (Å²) in [5.74, 6) is 0. The molecule has 0 N–H and O–H groups in total. The van der Waals surface area contributed by atoms with E-state index in [4.69, 9.17) is 11.6 Å². The fourth-order valence-corrected chi connectivity index (χ4v) is 0.421. The smallest absolute Gasteiger partial charge is 0.193 e. The minimum atomic E-state index is 0.563. The van der Waals surface area contributed by atoms with Gasteiger partial charge in [0.15, 0.2) is 5.29 Å². The normalized spacial score (nSPS) is 11.8. The lowest BCUT2D eigenvalue weighted by atomic mass is 10.7. The van der Waals surface area contributed by atoms with Gasteiger partial charge in [0.25, 0.3) is 0 Å². The molecule has 0 radical (unpaired) electrons. The Hall–Kier alpha value is -0.240. The second kappa shape index (κ2) is 3.72. The Bertz CT molecular complexity index is 90.4. The molecule has 8 heavy (non-hydrogen) atoms. The predicted molar refractivity (Wildman–Crippen MR) is 37.5 cm³/mol. The molecule has 0 heterocycles. The average Bonchev–Trinajstić information content (AvgIpc) is 1.84. The summed E-state index contributed by atoms with van der Waals surface area (Å²) in [5.41, 5.74) is 0. The van der Waals surface area contributed by atoms with Crippen LogP contribution in [0.3, 0.4) is 0 Å². The minimum absolute atomic E-state index is 0.563. The van der Waals surface area contributed by atoms with Gasteiger partial charge >= 0.3 is 0 Å². The van der Waals surface area contributed by atoms with Crippen molar-refractivity contribution in [3.63, 3.8) is 0 Å². The quantitative estimate of drug-likeness (QED) is 0.299. The van der Waals surface area contributed by atoms with Gasteiger partial charge in [-0.25, -0.2) is 0 Å². The van der Waals surface area contributed by atoms with Crippen molar-refractivity contribution in [3.8, 4) is 0 Å². The molecular formula is C5H11ClN2. The van der Waals surface area contributed by atoms with Crippen molar-refractivity contribution in [1.82, 2.24) is 4.90 Å². The summed E-state index contributed by atoms with van der Waals surface area (Å²) < 4.78 is 0. The highest BCUT2D eigenvalue weighted by Gasteiger charge is 1.94. The molecule has 0 aromatic carbocycles. The van der Waals surface area contributed by atoms with Crippen LogP contribution in [0.25, 0.3) is 0 Å². The van der Waals surface area contributed by atoms with Crippen LogP contribution < -0.4 is 0 Å². The van der Waals surface area contributed by atoms with Crippen molar-refractivity contribution in [2.75, 3.05) is 20.6 Å². The Labute approximate surface area is 55.2 Å².